The number of carbonyl (C=O) groups is 1. The predicted molar refractivity (Wildman–Crippen MR) is 99.4 cm³/mol. The summed E-state index contributed by atoms with van der Waals surface area (Å²) in [7, 11) is 0. The zero-order chi connectivity index (χ0) is 20.6. The van der Waals surface area contributed by atoms with E-state index in [-0.39, 0.29) is 11.7 Å². The van der Waals surface area contributed by atoms with Gasteiger partial charge >= 0.3 is 5.97 Å². The van der Waals surface area contributed by atoms with Crippen molar-refractivity contribution in [1.29, 1.82) is 0 Å². The van der Waals surface area contributed by atoms with Gasteiger partial charge in [0.1, 0.15) is 29.9 Å². The molecule has 10 heteroatoms. The SMILES string of the molecule is C#CC1(O)C(OC(=O)C(N)C(C)C)C(CO)OC1n1ccc2c(N)ncnc21. The number of fused-ring (bicyclic) bond motifs is 1. The van der Waals surface area contributed by atoms with E-state index < -0.39 is 42.7 Å². The van der Waals surface area contributed by atoms with Crippen LogP contribution in [0.5, 0.6) is 0 Å². The summed E-state index contributed by atoms with van der Waals surface area (Å²) in [6, 6.07) is 0.729. The summed E-state index contributed by atoms with van der Waals surface area (Å²) in [6.45, 7) is 2.98. The summed E-state index contributed by atoms with van der Waals surface area (Å²) < 4.78 is 12.6. The van der Waals surface area contributed by atoms with Gasteiger partial charge in [0.2, 0.25) is 5.60 Å². The number of rotatable bonds is 5. The number of hydrogen-bond acceptors (Lipinski definition) is 9. The number of anilines is 1. The largest absolute Gasteiger partial charge is 0.454 e. The molecule has 2 aromatic rings. The summed E-state index contributed by atoms with van der Waals surface area (Å²) in [5.74, 6) is 1.56. The van der Waals surface area contributed by atoms with Gasteiger partial charge in [-0.05, 0) is 12.0 Å². The third kappa shape index (κ3) is 3.08. The Kier molecular flexibility index (Phi) is 5.27. The molecule has 0 amide bonds. The first kappa shape index (κ1) is 20.0. The van der Waals surface area contributed by atoms with Crippen molar-refractivity contribution in [3.05, 3.63) is 18.6 Å². The fraction of sp³-hybridized carbons (Fsp3) is 0.500. The van der Waals surface area contributed by atoms with Crippen LogP contribution >= 0.6 is 0 Å². The zero-order valence-corrected chi connectivity index (χ0v) is 15.5. The third-order valence-electron chi connectivity index (χ3n) is 4.89. The Hall–Kier alpha value is -2.71. The van der Waals surface area contributed by atoms with E-state index in [1.54, 1.807) is 26.1 Å². The summed E-state index contributed by atoms with van der Waals surface area (Å²) >= 11 is 0. The molecular formula is C18H23N5O5. The molecular weight excluding hydrogens is 366 g/mol. The average molecular weight is 389 g/mol. The van der Waals surface area contributed by atoms with Crippen LogP contribution in [-0.2, 0) is 14.3 Å². The monoisotopic (exact) mass is 389 g/mol. The number of nitrogens with zero attached hydrogens (tertiary/aromatic N) is 3. The van der Waals surface area contributed by atoms with E-state index in [0.717, 1.165) is 0 Å². The van der Waals surface area contributed by atoms with Gasteiger partial charge in [0.15, 0.2) is 12.3 Å². The van der Waals surface area contributed by atoms with Crippen molar-refractivity contribution >= 4 is 22.8 Å². The zero-order valence-electron chi connectivity index (χ0n) is 15.5. The molecule has 0 spiro atoms. The van der Waals surface area contributed by atoms with E-state index in [4.69, 9.17) is 27.4 Å². The number of aliphatic hydroxyl groups is 2. The fourth-order valence-corrected chi connectivity index (χ4v) is 3.16. The Morgan fingerprint density at radius 2 is 2.25 bits per heavy atom. The predicted octanol–water partition coefficient (Wildman–Crippen LogP) is -0.837. The molecule has 2 aromatic heterocycles. The van der Waals surface area contributed by atoms with E-state index in [0.29, 0.717) is 11.0 Å². The molecule has 0 saturated carbocycles. The maximum absolute atomic E-state index is 12.3. The van der Waals surface area contributed by atoms with Crippen LogP contribution in [0.1, 0.15) is 20.1 Å². The lowest BCUT2D eigenvalue weighted by atomic mass is 9.94. The van der Waals surface area contributed by atoms with Crippen LogP contribution in [0.4, 0.5) is 5.82 Å². The first-order chi connectivity index (χ1) is 13.2. The van der Waals surface area contributed by atoms with Gasteiger partial charge in [-0.15, -0.1) is 6.42 Å². The molecule has 3 rings (SSSR count). The molecule has 0 aliphatic carbocycles. The highest BCUT2D eigenvalue weighted by Gasteiger charge is 2.58. The number of terminal acetylenes is 1. The number of esters is 1. The van der Waals surface area contributed by atoms with Gasteiger partial charge in [-0.3, -0.25) is 4.79 Å². The minimum Gasteiger partial charge on any atom is -0.454 e. The number of carbonyl (C=O) groups excluding carboxylic acids is 1. The number of nitrogen functional groups attached to an aromatic ring is 1. The van der Waals surface area contributed by atoms with Crippen LogP contribution in [-0.4, -0.2) is 61.2 Å². The number of ether oxygens (including phenoxy) is 2. The smallest absolute Gasteiger partial charge is 0.323 e. The normalized spacial score (nSPS) is 28.4. The molecule has 5 unspecified atom stereocenters. The summed E-state index contributed by atoms with van der Waals surface area (Å²) in [5, 5.41) is 21.5. The van der Waals surface area contributed by atoms with Crippen molar-refractivity contribution in [2.45, 2.75) is 43.9 Å². The number of aromatic nitrogens is 3. The molecule has 1 saturated heterocycles. The average Bonchev–Trinajstić information content (AvgIpc) is 3.21. The Labute approximate surface area is 161 Å². The van der Waals surface area contributed by atoms with Gasteiger partial charge < -0.3 is 35.7 Å². The fourth-order valence-electron chi connectivity index (χ4n) is 3.16. The molecule has 10 nitrogen and oxygen atoms in total. The van der Waals surface area contributed by atoms with Gasteiger partial charge in [-0.25, -0.2) is 9.97 Å². The van der Waals surface area contributed by atoms with Gasteiger partial charge in [-0.2, -0.15) is 0 Å². The Bertz CT molecular complexity index is 923. The quantitative estimate of drug-likeness (QED) is 0.378. The van der Waals surface area contributed by atoms with Crippen LogP contribution < -0.4 is 11.5 Å². The maximum Gasteiger partial charge on any atom is 0.323 e. The van der Waals surface area contributed by atoms with Gasteiger partial charge in [-0.1, -0.05) is 19.8 Å². The minimum atomic E-state index is -2.08. The van der Waals surface area contributed by atoms with E-state index in [9.17, 15) is 15.0 Å². The van der Waals surface area contributed by atoms with Gasteiger partial charge in [0.25, 0.3) is 0 Å². The Morgan fingerprint density at radius 3 is 2.86 bits per heavy atom. The second kappa shape index (κ2) is 7.37. The van der Waals surface area contributed by atoms with Crippen molar-refractivity contribution in [2.24, 2.45) is 11.7 Å². The maximum atomic E-state index is 12.3. The number of aliphatic hydroxyl groups excluding tert-OH is 1. The van der Waals surface area contributed by atoms with Crippen LogP contribution in [0.25, 0.3) is 11.0 Å². The van der Waals surface area contributed by atoms with Crippen LogP contribution in [0, 0.1) is 18.3 Å². The molecule has 1 aliphatic heterocycles. The first-order valence-corrected chi connectivity index (χ1v) is 8.74. The van der Waals surface area contributed by atoms with Crippen LogP contribution in [0.15, 0.2) is 18.6 Å². The first-order valence-electron chi connectivity index (χ1n) is 8.74. The summed E-state index contributed by atoms with van der Waals surface area (Å²) in [5.41, 5.74) is 9.96. The molecule has 1 fully saturated rings. The standard InChI is InChI=1S/C18H23N5O5/c1-4-18(26)13(28-16(25)12(19)9(2)3)11(7-24)27-17(18)23-6-5-10-14(20)21-8-22-15(10)23/h1,5-6,8-9,11-13,17,24,26H,7,19H2,2-3H3,(H2,20,21,22). The highest BCUT2D eigenvalue weighted by molar-refractivity contribution is 5.86. The molecule has 28 heavy (non-hydrogen) atoms. The Morgan fingerprint density at radius 1 is 1.54 bits per heavy atom. The third-order valence-corrected chi connectivity index (χ3v) is 4.89. The summed E-state index contributed by atoms with van der Waals surface area (Å²) in [4.78, 5) is 20.4. The molecule has 1 aliphatic rings. The highest BCUT2D eigenvalue weighted by Crippen LogP contribution is 2.41. The summed E-state index contributed by atoms with van der Waals surface area (Å²) in [6.07, 6.45) is 4.86. The second-order valence-corrected chi connectivity index (χ2v) is 7.03. The van der Waals surface area contributed by atoms with E-state index in [1.807, 2.05) is 0 Å². The molecule has 3 heterocycles. The van der Waals surface area contributed by atoms with E-state index in [1.165, 1.54) is 10.9 Å². The van der Waals surface area contributed by atoms with Crippen molar-refractivity contribution in [1.82, 2.24) is 14.5 Å². The lowest BCUT2D eigenvalue weighted by Crippen LogP contribution is -2.51. The Balaban J connectivity index is 2.01. The van der Waals surface area contributed by atoms with Crippen molar-refractivity contribution in [3.8, 4) is 12.3 Å². The van der Waals surface area contributed by atoms with Crippen molar-refractivity contribution < 1.29 is 24.5 Å². The second-order valence-electron chi connectivity index (χ2n) is 7.03. The van der Waals surface area contributed by atoms with E-state index >= 15 is 0 Å². The topological polar surface area (TPSA) is 159 Å². The molecule has 5 atom stereocenters. The van der Waals surface area contributed by atoms with Gasteiger partial charge in [0, 0.05) is 6.20 Å². The number of hydrogen-bond donors (Lipinski definition) is 4. The van der Waals surface area contributed by atoms with Crippen LogP contribution in [0.3, 0.4) is 0 Å². The van der Waals surface area contributed by atoms with Gasteiger partial charge in [0.05, 0.1) is 12.0 Å². The number of nitrogens with two attached hydrogens (primary N) is 2. The molecule has 0 aromatic carbocycles. The van der Waals surface area contributed by atoms with E-state index in [2.05, 4.69) is 15.9 Å². The van der Waals surface area contributed by atoms with Crippen LogP contribution in [0.2, 0.25) is 0 Å². The molecule has 0 bridgehead atoms. The lowest BCUT2D eigenvalue weighted by Gasteiger charge is -2.30. The van der Waals surface area contributed by atoms with Crippen molar-refractivity contribution in [3.63, 3.8) is 0 Å². The van der Waals surface area contributed by atoms with Crippen molar-refractivity contribution in [2.75, 3.05) is 12.3 Å². The molecule has 0 radical (unpaired) electrons. The molecule has 150 valence electrons. The highest BCUT2D eigenvalue weighted by atomic mass is 16.6. The minimum absolute atomic E-state index is 0.190. The molecule has 6 N–H and O–H groups in total. The lowest BCUT2D eigenvalue weighted by molar-refractivity contribution is -0.163.